The molecule has 2 heterocycles. The number of carboxylic acid groups (broad SMARTS) is 1. The molecule has 0 fully saturated rings. The van der Waals surface area contributed by atoms with Gasteiger partial charge in [0.25, 0.3) is 11.9 Å². The van der Waals surface area contributed by atoms with Gasteiger partial charge in [0.15, 0.2) is 23.1 Å². The van der Waals surface area contributed by atoms with Crippen LogP contribution in [0.15, 0.2) is 59.7 Å². The van der Waals surface area contributed by atoms with Gasteiger partial charge in [-0.25, -0.2) is 14.8 Å². The fraction of sp³-hybridized carbons (Fsp3) is 0.192. The fourth-order valence-corrected chi connectivity index (χ4v) is 3.64. The molecule has 2 aromatic heterocycles. The van der Waals surface area contributed by atoms with E-state index in [2.05, 4.69) is 25.4 Å². The van der Waals surface area contributed by atoms with E-state index in [4.69, 9.17) is 30.5 Å². The predicted octanol–water partition coefficient (Wildman–Crippen LogP) is 2.15. The molecule has 1 unspecified atom stereocenters. The van der Waals surface area contributed by atoms with E-state index in [0.29, 0.717) is 33.9 Å². The van der Waals surface area contributed by atoms with Crippen molar-refractivity contribution in [2.75, 3.05) is 19.5 Å². The third-order valence-corrected chi connectivity index (χ3v) is 5.37. The van der Waals surface area contributed by atoms with Crippen molar-refractivity contribution in [3.8, 4) is 17.4 Å². The number of nitrogen functional groups attached to an aromatic ring is 1. The number of methoxy groups -OCH3 is 2. The maximum Gasteiger partial charge on any atom is 0.350 e. The zero-order valence-corrected chi connectivity index (χ0v) is 22.1. The number of aromatic amines is 1. The summed E-state index contributed by atoms with van der Waals surface area (Å²) >= 11 is 0. The molecule has 40 heavy (non-hydrogen) atoms. The quantitative estimate of drug-likeness (QED) is 0.116. The third kappa shape index (κ3) is 6.86. The second-order valence-electron chi connectivity index (χ2n) is 8.22. The lowest BCUT2D eigenvalue weighted by Crippen LogP contribution is -2.18. The molecule has 0 saturated heterocycles. The number of aromatic nitrogens is 5. The number of rotatable bonds is 9. The molecule has 0 saturated carbocycles. The van der Waals surface area contributed by atoms with Crippen molar-refractivity contribution in [3.05, 3.63) is 87.9 Å². The number of carboxylic acids is 1. The number of Topliss-reactive ketones (excluding diaryl/α,β-unsaturated/α-hetero) is 1. The first-order valence-corrected chi connectivity index (χ1v) is 11.7. The van der Waals surface area contributed by atoms with Crippen LogP contribution in [0.3, 0.4) is 0 Å². The van der Waals surface area contributed by atoms with Gasteiger partial charge in [-0.05, 0) is 55.0 Å². The van der Waals surface area contributed by atoms with Crippen LogP contribution >= 0.6 is 0 Å². The number of carbonyl (C=O) groups is 2. The smallest absolute Gasteiger partial charge is 0.350 e. The Kier molecular flexibility index (Phi) is 9.30. The molecule has 1 atom stereocenters. The summed E-state index contributed by atoms with van der Waals surface area (Å²) in [5.74, 6) is -0.137. The number of anilines is 1. The topological polar surface area (TPSA) is 211 Å². The van der Waals surface area contributed by atoms with Gasteiger partial charge in [0.2, 0.25) is 0 Å². The number of hydrogen-bond acceptors (Lipinski definition) is 10. The summed E-state index contributed by atoms with van der Waals surface area (Å²) in [6.07, 6.45) is 3.01. The van der Waals surface area contributed by atoms with Gasteiger partial charge in [-0.3, -0.25) is 20.0 Å². The normalized spacial score (nSPS) is 11.0. The fourth-order valence-electron chi connectivity index (χ4n) is 3.64. The molecule has 6 N–H and O–H groups in total. The molecule has 0 bridgehead atoms. The van der Waals surface area contributed by atoms with Crippen molar-refractivity contribution >= 4 is 23.3 Å². The molecule has 208 valence electrons. The Morgan fingerprint density at radius 3 is 2.25 bits per heavy atom. The van der Waals surface area contributed by atoms with Gasteiger partial charge < -0.3 is 25.6 Å². The highest BCUT2D eigenvalue weighted by atomic mass is 16.5. The zero-order chi connectivity index (χ0) is 29.4. The molecular formula is C26H28N8O6. The largest absolute Gasteiger partial charge is 0.493 e. The Labute approximate surface area is 228 Å². The minimum absolute atomic E-state index is 0.0602. The molecule has 4 rings (SSSR count). The summed E-state index contributed by atoms with van der Waals surface area (Å²) in [5.41, 5.74) is 7.11. The number of aliphatic carboxylic acids is 1. The van der Waals surface area contributed by atoms with Crippen LogP contribution in [0.25, 0.3) is 5.95 Å². The van der Waals surface area contributed by atoms with Gasteiger partial charge in [0, 0.05) is 30.6 Å². The molecule has 14 heteroatoms. The van der Waals surface area contributed by atoms with Crippen LogP contribution in [0, 0.1) is 5.41 Å². The van der Waals surface area contributed by atoms with Crippen molar-refractivity contribution in [3.63, 3.8) is 0 Å². The Hall–Kier alpha value is -5.53. The molecule has 0 aliphatic carbocycles. The minimum Gasteiger partial charge on any atom is -0.493 e. The highest BCUT2D eigenvalue weighted by Crippen LogP contribution is 2.37. The van der Waals surface area contributed by atoms with Gasteiger partial charge in [-0.15, -0.1) is 9.78 Å². The van der Waals surface area contributed by atoms with Gasteiger partial charge in [-0.1, -0.05) is 0 Å². The second-order valence-corrected chi connectivity index (χ2v) is 8.22. The first-order valence-electron chi connectivity index (χ1n) is 11.7. The number of benzene rings is 2. The number of ether oxygens (including phenoxy) is 2. The Morgan fingerprint density at radius 2 is 1.73 bits per heavy atom. The molecule has 0 aliphatic heterocycles. The van der Waals surface area contributed by atoms with Crippen LogP contribution in [0.5, 0.6) is 11.5 Å². The van der Waals surface area contributed by atoms with E-state index >= 15 is 0 Å². The first-order chi connectivity index (χ1) is 19.0. The number of nitrogens with two attached hydrogens (primary N) is 1. The zero-order valence-electron chi connectivity index (χ0n) is 22.1. The summed E-state index contributed by atoms with van der Waals surface area (Å²) in [4.78, 5) is 45.1. The first kappa shape index (κ1) is 29.0. The van der Waals surface area contributed by atoms with Crippen LogP contribution in [-0.2, 0) is 4.79 Å². The van der Waals surface area contributed by atoms with E-state index in [1.807, 2.05) is 0 Å². The maximum atomic E-state index is 12.7. The Morgan fingerprint density at radius 1 is 1.10 bits per heavy atom. The molecule has 4 aromatic rings. The Balaban J connectivity index is 0.00000103. The van der Waals surface area contributed by atoms with Gasteiger partial charge >= 0.3 is 5.69 Å². The van der Waals surface area contributed by atoms with E-state index in [0.717, 1.165) is 11.6 Å². The van der Waals surface area contributed by atoms with Crippen LogP contribution in [0.4, 0.5) is 5.69 Å². The molecule has 14 nitrogen and oxygen atoms in total. The van der Waals surface area contributed by atoms with E-state index < -0.39 is 17.7 Å². The minimum atomic E-state index is -0.833. The summed E-state index contributed by atoms with van der Waals surface area (Å²) in [6.45, 7) is 2.51. The van der Waals surface area contributed by atoms with Crippen molar-refractivity contribution in [2.24, 2.45) is 5.73 Å². The highest BCUT2D eigenvalue weighted by molar-refractivity contribution is 5.98. The second kappa shape index (κ2) is 12.8. The van der Waals surface area contributed by atoms with Crippen molar-refractivity contribution in [2.45, 2.75) is 19.9 Å². The number of H-pyrrole nitrogens is 1. The number of amidine groups is 1. The summed E-state index contributed by atoms with van der Waals surface area (Å²) < 4.78 is 11.9. The number of carbonyl (C=O) groups excluding carboxylic acids is 1. The van der Waals surface area contributed by atoms with Crippen LogP contribution in [0.2, 0.25) is 0 Å². The summed E-state index contributed by atoms with van der Waals surface area (Å²) in [7, 11) is 2.92. The molecule has 0 aliphatic rings. The summed E-state index contributed by atoms with van der Waals surface area (Å²) in [6, 6.07) is 11.1. The van der Waals surface area contributed by atoms with E-state index in [1.165, 1.54) is 33.5 Å². The average molecular weight is 549 g/mol. The van der Waals surface area contributed by atoms with Crippen molar-refractivity contribution in [1.29, 1.82) is 5.41 Å². The average Bonchev–Trinajstić information content (AvgIpc) is 3.32. The SMILES string of the molecule is CC(=O)O.COc1cc(C(Nc2ccc(C(=N)N)cc2)c2nn(-c3ncccn3)c(=O)[nH]2)cc(C(C)=O)c1OC. The van der Waals surface area contributed by atoms with Crippen molar-refractivity contribution < 1.29 is 24.2 Å². The molecule has 0 spiro atoms. The number of hydrogen-bond donors (Lipinski definition) is 5. The summed E-state index contributed by atoms with van der Waals surface area (Å²) in [5, 5.41) is 22.8. The standard InChI is InChI=1S/C24H24N8O4.C2H4O2/c1-13(33)17-11-15(12-18(35-2)20(17)36-3)19(29-16-7-5-14(6-8-16)21(25)26)22-30-24(34)32(31-22)23-27-9-4-10-28-23;1-2(3)4/h4-12,19,29H,1-3H3,(H3,25,26)(H,30,31,34);1H3,(H,3,4). The number of ketones is 1. The van der Waals surface area contributed by atoms with Crippen LogP contribution in [-0.4, -0.2) is 61.6 Å². The number of nitrogens with one attached hydrogen (secondary N) is 3. The predicted molar refractivity (Wildman–Crippen MR) is 146 cm³/mol. The lowest BCUT2D eigenvalue weighted by Gasteiger charge is -2.21. The van der Waals surface area contributed by atoms with E-state index in [1.54, 1.807) is 42.5 Å². The van der Waals surface area contributed by atoms with Gasteiger partial charge in [-0.2, -0.15) is 0 Å². The molecule has 2 aromatic carbocycles. The molecular weight excluding hydrogens is 520 g/mol. The molecule has 0 radical (unpaired) electrons. The third-order valence-electron chi connectivity index (χ3n) is 5.37. The number of nitrogens with zero attached hydrogens (tertiary/aromatic N) is 4. The highest BCUT2D eigenvalue weighted by Gasteiger charge is 2.25. The van der Waals surface area contributed by atoms with E-state index in [9.17, 15) is 9.59 Å². The molecule has 0 amide bonds. The monoisotopic (exact) mass is 548 g/mol. The maximum absolute atomic E-state index is 12.7. The van der Waals surface area contributed by atoms with Crippen LogP contribution < -0.4 is 26.2 Å². The lowest BCUT2D eigenvalue weighted by molar-refractivity contribution is -0.134. The lowest BCUT2D eigenvalue weighted by atomic mass is 9.99. The van der Waals surface area contributed by atoms with Crippen molar-refractivity contribution in [1.82, 2.24) is 24.7 Å². The van der Waals surface area contributed by atoms with Gasteiger partial charge in [0.1, 0.15) is 11.9 Å². The van der Waals surface area contributed by atoms with E-state index in [-0.39, 0.29) is 23.4 Å². The Bertz CT molecular complexity index is 1560. The van der Waals surface area contributed by atoms with Crippen LogP contribution in [0.1, 0.15) is 47.2 Å². The van der Waals surface area contributed by atoms with Gasteiger partial charge in [0.05, 0.1) is 19.8 Å².